The van der Waals surface area contributed by atoms with Gasteiger partial charge in [-0.05, 0) is 39.0 Å². The Morgan fingerprint density at radius 2 is 2.10 bits per heavy atom. The molecule has 0 bridgehead atoms. The van der Waals surface area contributed by atoms with Crippen LogP contribution >= 0.6 is 11.3 Å². The number of aliphatic hydroxyl groups is 1. The van der Waals surface area contributed by atoms with Crippen molar-refractivity contribution in [3.8, 4) is 0 Å². The summed E-state index contributed by atoms with van der Waals surface area (Å²) >= 11 is 1.56. The molecule has 1 amide bonds. The molecule has 118 valence electrons. The largest absolute Gasteiger partial charge is 0.393 e. The fraction of sp³-hybridized carbons (Fsp3) is 0.750. The van der Waals surface area contributed by atoms with E-state index in [-0.39, 0.29) is 17.9 Å². The molecule has 1 fully saturated rings. The van der Waals surface area contributed by atoms with E-state index >= 15 is 0 Å². The molecule has 0 saturated heterocycles. The minimum atomic E-state index is -0.323. The summed E-state index contributed by atoms with van der Waals surface area (Å²) < 4.78 is 0. The maximum atomic E-state index is 12.3. The van der Waals surface area contributed by atoms with Crippen molar-refractivity contribution in [3.63, 3.8) is 0 Å². The van der Waals surface area contributed by atoms with Crippen LogP contribution in [0.4, 0.5) is 0 Å². The van der Waals surface area contributed by atoms with Gasteiger partial charge in [0.25, 0.3) is 5.91 Å². The highest BCUT2D eigenvalue weighted by atomic mass is 32.1. The average molecular weight is 310 g/mol. The number of nitrogens with one attached hydrogen (secondary N) is 1. The third kappa shape index (κ3) is 4.51. The molecule has 0 aliphatic heterocycles. The first-order chi connectivity index (χ1) is 9.97. The van der Waals surface area contributed by atoms with Crippen molar-refractivity contribution in [2.24, 2.45) is 5.92 Å². The van der Waals surface area contributed by atoms with Gasteiger partial charge < -0.3 is 10.4 Å². The van der Waals surface area contributed by atoms with Crippen LogP contribution in [-0.4, -0.2) is 28.6 Å². The Morgan fingerprint density at radius 3 is 2.71 bits per heavy atom. The summed E-state index contributed by atoms with van der Waals surface area (Å²) in [5.41, 5.74) is 0.850. The molecule has 1 saturated carbocycles. The maximum Gasteiger partial charge on any atom is 0.263 e. The van der Waals surface area contributed by atoms with Crippen molar-refractivity contribution < 1.29 is 9.90 Å². The van der Waals surface area contributed by atoms with Crippen LogP contribution in [0.3, 0.4) is 0 Å². The highest BCUT2D eigenvalue weighted by molar-refractivity contribution is 7.13. The molecule has 0 aromatic carbocycles. The van der Waals surface area contributed by atoms with Gasteiger partial charge in [-0.25, -0.2) is 4.98 Å². The number of hydrogen-bond donors (Lipinski definition) is 2. The fourth-order valence-electron chi connectivity index (χ4n) is 2.99. The molecule has 2 atom stereocenters. The average Bonchev–Trinajstić information content (AvgIpc) is 3.04. The molecule has 0 radical (unpaired) electrons. The van der Waals surface area contributed by atoms with Crippen molar-refractivity contribution in [2.45, 2.75) is 64.9 Å². The van der Waals surface area contributed by atoms with Crippen LogP contribution in [0.15, 0.2) is 0 Å². The van der Waals surface area contributed by atoms with Gasteiger partial charge >= 0.3 is 0 Å². The number of rotatable bonds is 6. The normalized spacial score (nSPS) is 18.7. The van der Waals surface area contributed by atoms with Gasteiger partial charge in [0.15, 0.2) is 0 Å². The second-order valence-electron chi connectivity index (χ2n) is 6.35. The predicted octanol–water partition coefficient (Wildman–Crippen LogP) is 3.25. The SMILES string of the molecule is Cc1nc(C2CCCC2)sc1C(=O)NCC(C)CC(C)O. The van der Waals surface area contributed by atoms with Gasteiger partial charge in [-0.3, -0.25) is 4.79 Å². The topological polar surface area (TPSA) is 62.2 Å². The number of aliphatic hydroxyl groups excluding tert-OH is 1. The Bertz CT molecular complexity index is 479. The van der Waals surface area contributed by atoms with E-state index in [2.05, 4.69) is 10.3 Å². The Labute approximate surface area is 131 Å². The lowest BCUT2D eigenvalue weighted by Gasteiger charge is -2.13. The number of nitrogens with zero attached hydrogens (tertiary/aromatic N) is 1. The summed E-state index contributed by atoms with van der Waals surface area (Å²) in [5, 5.41) is 13.5. The second kappa shape index (κ2) is 7.36. The van der Waals surface area contributed by atoms with Crippen molar-refractivity contribution in [3.05, 3.63) is 15.6 Å². The number of hydrogen-bond acceptors (Lipinski definition) is 4. The van der Waals surface area contributed by atoms with Crippen LogP contribution in [0.2, 0.25) is 0 Å². The first-order valence-corrected chi connectivity index (χ1v) is 8.72. The minimum Gasteiger partial charge on any atom is -0.393 e. The van der Waals surface area contributed by atoms with E-state index < -0.39 is 0 Å². The Morgan fingerprint density at radius 1 is 1.43 bits per heavy atom. The third-order valence-corrected chi connectivity index (χ3v) is 5.40. The predicted molar refractivity (Wildman–Crippen MR) is 85.9 cm³/mol. The zero-order chi connectivity index (χ0) is 15.4. The van der Waals surface area contributed by atoms with E-state index in [1.54, 1.807) is 18.3 Å². The summed E-state index contributed by atoms with van der Waals surface area (Å²) in [7, 11) is 0. The highest BCUT2D eigenvalue weighted by Crippen LogP contribution is 2.37. The number of aryl methyl sites for hydroxylation is 1. The maximum absolute atomic E-state index is 12.3. The van der Waals surface area contributed by atoms with Crippen molar-refractivity contribution >= 4 is 17.2 Å². The number of carbonyl (C=O) groups excluding carboxylic acids is 1. The van der Waals surface area contributed by atoms with Crippen LogP contribution in [0.5, 0.6) is 0 Å². The van der Waals surface area contributed by atoms with E-state index in [0.29, 0.717) is 18.9 Å². The van der Waals surface area contributed by atoms with Crippen LogP contribution in [0.25, 0.3) is 0 Å². The molecule has 4 nitrogen and oxygen atoms in total. The zero-order valence-corrected chi connectivity index (χ0v) is 14.0. The van der Waals surface area contributed by atoms with Crippen LogP contribution < -0.4 is 5.32 Å². The minimum absolute atomic E-state index is 0.0216. The zero-order valence-electron chi connectivity index (χ0n) is 13.2. The lowest BCUT2D eigenvalue weighted by molar-refractivity contribution is 0.0942. The quantitative estimate of drug-likeness (QED) is 0.848. The van der Waals surface area contributed by atoms with Gasteiger partial charge in [0, 0.05) is 12.5 Å². The van der Waals surface area contributed by atoms with Crippen LogP contribution in [-0.2, 0) is 0 Å². The van der Waals surface area contributed by atoms with Crippen molar-refractivity contribution in [2.75, 3.05) is 6.54 Å². The first kappa shape index (κ1) is 16.4. The molecule has 1 heterocycles. The van der Waals surface area contributed by atoms with Crippen molar-refractivity contribution in [1.82, 2.24) is 10.3 Å². The molecule has 1 aliphatic carbocycles. The van der Waals surface area contributed by atoms with Crippen molar-refractivity contribution in [1.29, 1.82) is 0 Å². The van der Waals surface area contributed by atoms with E-state index in [1.165, 1.54) is 25.7 Å². The number of thiazole rings is 1. The monoisotopic (exact) mass is 310 g/mol. The molecule has 1 aliphatic rings. The second-order valence-corrected chi connectivity index (χ2v) is 7.38. The van der Waals surface area contributed by atoms with Crippen LogP contribution in [0.1, 0.15) is 72.2 Å². The van der Waals surface area contributed by atoms with E-state index in [4.69, 9.17) is 0 Å². The van der Waals surface area contributed by atoms with E-state index in [0.717, 1.165) is 15.6 Å². The standard InChI is InChI=1S/C16H26N2O2S/c1-10(8-11(2)19)9-17-15(20)14-12(3)18-16(21-14)13-6-4-5-7-13/h10-11,13,19H,4-9H2,1-3H3,(H,17,20). The summed E-state index contributed by atoms with van der Waals surface area (Å²) in [5.74, 6) is 0.813. The summed E-state index contributed by atoms with van der Waals surface area (Å²) in [6.45, 7) is 6.33. The number of aromatic nitrogens is 1. The van der Waals surface area contributed by atoms with E-state index in [9.17, 15) is 9.90 Å². The molecular formula is C16H26N2O2S. The molecule has 21 heavy (non-hydrogen) atoms. The summed E-state index contributed by atoms with van der Waals surface area (Å²) in [4.78, 5) is 17.6. The molecule has 2 unspecified atom stereocenters. The molecular weight excluding hydrogens is 284 g/mol. The third-order valence-electron chi connectivity index (χ3n) is 4.08. The van der Waals surface area contributed by atoms with Gasteiger partial charge in [-0.2, -0.15) is 0 Å². The molecule has 5 heteroatoms. The molecule has 2 rings (SSSR count). The Balaban J connectivity index is 1.93. The van der Waals surface area contributed by atoms with Crippen LogP contribution in [0, 0.1) is 12.8 Å². The van der Waals surface area contributed by atoms with Gasteiger partial charge in [0.2, 0.25) is 0 Å². The van der Waals surface area contributed by atoms with Gasteiger partial charge in [-0.1, -0.05) is 19.8 Å². The smallest absolute Gasteiger partial charge is 0.263 e. The molecule has 1 aromatic heterocycles. The molecule has 1 aromatic rings. The van der Waals surface area contributed by atoms with Gasteiger partial charge in [-0.15, -0.1) is 11.3 Å². The lowest BCUT2D eigenvalue weighted by atomic mass is 10.0. The fourth-order valence-corrected chi connectivity index (χ4v) is 4.14. The molecule has 0 spiro atoms. The molecule has 2 N–H and O–H groups in total. The Kier molecular flexibility index (Phi) is 5.76. The van der Waals surface area contributed by atoms with Gasteiger partial charge in [0.05, 0.1) is 16.8 Å². The summed E-state index contributed by atoms with van der Waals surface area (Å²) in [6, 6.07) is 0. The Hall–Kier alpha value is -0.940. The highest BCUT2D eigenvalue weighted by Gasteiger charge is 2.23. The number of carbonyl (C=O) groups is 1. The number of amides is 1. The lowest BCUT2D eigenvalue weighted by Crippen LogP contribution is -2.29. The van der Waals surface area contributed by atoms with Gasteiger partial charge in [0.1, 0.15) is 4.88 Å². The first-order valence-electron chi connectivity index (χ1n) is 7.91. The summed E-state index contributed by atoms with van der Waals surface area (Å²) in [6.07, 6.45) is 5.35. The van der Waals surface area contributed by atoms with E-state index in [1.807, 2.05) is 13.8 Å².